The van der Waals surface area contributed by atoms with Crippen LogP contribution in [0.25, 0.3) is 0 Å². The molecule has 1 saturated heterocycles. The Labute approximate surface area is 136 Å². The molecule has 1 fully saturated rings. The first-order valence-electron chi connectivity index (χ1n) is 7.45. The van der Waals surface area contributed by atoms with Crippen LogP contribution in [0.4, 0.5) is 5.82 Å². The molecule has 2 heterocycles. The summed E-state index contributed by atoms with van der Waals surface area (Å²) in [5, 5.41) is 2.76. The second-order valence-electron chi connectivity index (χ2n) is 5.53. The highest BCUT2D eigenvalue weighted by Gasteiger charge is 2.31. The zero-order chi connectivity index (χ0) is 16.9. The van der Waals surface area contributed by atoms with Gasteiger partial charge < -0.3 is 15.0 Å². The van der Waals surface area contributed by atoms with E-state index in [-0.39, 0.29) is 29.1 Å². The third-order valence-corrected chi connectivity index (χ3v) is 5.56. The smallest absolute Gasteiger partial charge is 0.270 e. The van der Waals surface area contributed by atoms with Crippen LogP contribution in [0.2, 0.25) is 0 Å². The number of methoxy groups -OCH3 is 1. The molecule has 1 unspecified atom stereocenters. The molecule has 128 valence electrons. The van der Waals surface area contributed by atoms with Crippen LogP contribution < -0.4 is 10.2 Å². The second kappa shape index (κ2) is 7.69. The van der Waals surface area contributed by atoms with Gasteiger partial charge in [0.1, 0.15) is 17.8 Å². The van der Waals surface area contributed by atoms with Gasteiger partial charge in [0.2, 0.25) is 0 Å². The number of nitrogens with zero attached hydrogens (tertiary/aromatic N) is 3. The number of ether oxygens (including phenoxy) is 1. The Bertz CT molecular complexity index is 650. The third kappa shape index (κ3) is 4.87. The highest BCUT2D eigenvalue weighted by molar-refractivity contribution is 7.91. The van der Waals surface area contributed by atoms with Crippen molar-refractivity contribution in [3.8, 4) is 0 Å². The Morgan fingerprint density at radius 1 is 1.48 bits per heavy atom. The van der Waals surface area contributed by atoms with Crippen molar-refractivity contribution in [2.24, 2.45) is 0 Å². The van der Waals surface area contributed by atoms with E-state index >= 15 is 0 Å². The van der Waals surface area contributed by atoms with E-state index in [0.717, 1.165) is 6.42 Å². The van der Waals surface area contributed by atoms with Gasteiger partial charge in [-0.25, -0.2) is 18.4 Å². The predicted octanol–water partition coefficient (Wildman–Crippen LogP) is -0.134. The van der Waals surface area contributed by atoms with Crippen molar-refractivity contribution < 1.29 is 17.9 Å². The predicted molar refractivity (Wildman–Crippen MR) is 86.3 cm³/mol. The number of aromatic nitrogens is 2. The molecule has 23 heavy (non-hydrogen) atoms. The summed E-state index contributed by atoms with van der Waals surface area (Å²) >= 11 is 0. The minimum absolute atomic E-state index is 0.117. The van der Waals surface area contributed by atoms with Crippen molar-refractivity contribution in [2.45, 2.75) is 18.9 Å². The van der Waals surface area contributed by atoms with E-state index < -0.39 is 9.84 Å². The monoisotopic (exact) mass is 342 g/mol. The molecular weight excluding hydrogens is 320 g/mol. The largest absolute Gasteiger partial charge is 0.385 e. The summed E-state index contributed by atoms with van der Waals surface area (Å²) in [6.45, 7) is 1.08. The number of amides is 1. The number of hydrogen-bond acceptors (Lipinski definition) is 7. The average molecular weight is 342 g/mol. The zero-order valence-corrected chi connectivity index (χ0v) is 14.2. The molecule has 1 atom stereocenters. The Balaban J connectivity index is 2.00. The maximum Gasteiger partial charge on any atom is 0.270 e. The summed E-state index contributed by atoms with van der Waals surface area (Å²) < 4.78 is 28.1. The molecule has 1 aliphatic heterocycles. The van der Waals surface area contributed by atoms with Gasteiger partial charge in [-0.05, 0) is 12.8 Å². The molecule has 0 bridgehead atoms. The Morgan fingerprint density at radius 2 is 2.26 bits per heavy atom. The van der Waals surface area contributed by atoms with E-state index in [9.17, 15) is 13.2 Å². The van der Waals surface area contributed by atoms with Crippen molar-refractivity contribution in [1.29, 1.82) is 0 Å². The van der Waals surface area contributed by atoms with E-state index in [1.54, 1.807) is 25.1 Å². The standard InChI is InChI=1S/C14H22N4O4S/c1-18(11-4-7-23(20,21)9-11)13-8-12(16-10-17-13)14(19)15-5-3-6-22-2/h8,10-11H,3-7,9H2,1-2H3,(H,15,19). The van der Waals surface area contributed by atoms with Gasteiger partial charge >= 0.3 is 0 Å². The fourth-order valence-electron chi connectivity index (χ4n) is 2.44. The van der Waals surface area contributed by atoms with E-state index in [1.807, 2.05) is 0 Å². The number of carbonyl (C=O) groups is 1. The zero-order valence-electron chi connectivity index (χ0n) is 13.4. The summed E-state index contributed by atoms with van der Waals surface area (Å²) in [6, 6.07) is 1.46. The minimum Gasteiger partial charge on any atom is -0.385 e. The van der Waals surface area contributed by atoms with E-state index in [2.05, 4.69) is 15.3 Å². The number of anilines is 1. The lowest BCUT2D eigenvalue weighted by molar-refractivity contribution is 0.0943. The molecule has 1 amide bonds. The van der Waals surface area contributed by atoms with Crippen molar-refractivity contribution in [1.82, 2.24) is 15.3 Å². The maximum absolute atomic E-state index is 12.1. The number of nitrogens with one attached hydrogen (secondary N) is 1. The summed E-state index contributed by atoms with van der Waals surface area (Å²) in [6.07, 6.45) is 2.61. The molecule has 9 heteroatoms. The van der Waals surface area contributed by atoms with Gasteiger partial charge in [0.25, 0.3) is 5.91 Å². The first-order valence-corrected chi connectivity index (χ1v) is 9.27. The molecule has 2 rings (SSSR count). The van der Waals surface area contributed by atoms with Crippen LogP contribution in [0.5, 0.6) is 0 Å². The molecule has 0 aromatic carbocycles. The molecule has 0 saturated carbocycles. The fraction of sp³-hybridized carbons (Fsp3) is 0.643. The summed E-state index contributed by atoms with van der Waals surface area (Å²) in [4.78, 5) is 22.0. The topological polar surface area (TPSA) is 101 Å². The first-order chi connectivity index (χ1) is 10.9. The van der Waals surface area contributed by atoms with Gasteiger partial charge in [-0.1, -0.05) is 0 Å². The SMILES string of the molecule is COCCCNC(=O)c1cc(N(C)C2CCS(=O)(=O)C2)ncn1. The van der Waals surface area contributed by atoms with Crippen LogP contribution in [-0.4, -0.2) is 69.1 Å². The molecule has 1 N–H and O–H groups in total. The van der Waals surface area contributed by atoms with Gasteiger partial charge in [0.05, 0.1) is 11.5 Å². The van der Waals surface area contributed by atoms with Gasteiger partial charge in [0.15, 0.2) is 9.84 Å². The molecule has 0 spiro atoms. The summed E-state index contributed by atoms with van der Waals surface area (Å²) in [5.41, 5.74) is 0.264. The van der Waals surface area contributed by atoms with Crippen molar-refractivity contribution in [2.75, 3.05) is 43.7 Å². The Morgan fingerprint density at radius 3 is 2.91 bits per heavy atom. The van der Waals surface area contributed by atoms with Crippen LogP contribution >= 0.6 is 0 Å². The Kier molecular flexibility index (Phi) is 5.89. The lowest BCUT2D eigenvalue weighted by Gasteiger charge is -2.24. The minimum atomic E-state index is -2.97. The van der Waals surface area contributed by atoms with Crippen molar-refractivity contribution in [3.63, 3.8) is 0 Å². The van der Waals surface area contributed by atoms with Crippen LogP contribution in [0, 0.1) is 0 Å². The highest BCUT2D eigenvalue weighted by atomic mass is 32.2. The lowest BCUT2D eigenvalue weighted by atomic mass is 10.2. The Hall–Kier alpha value is -1.74. The van der Waals surface area contributed by atoms with Gasteiger partial charge in [-0.3, -0.25) is 4.79 Å². The number of rotatable bonds is 7. The molecule has 8 nitrogen and oxygen atoms in total. The van der Waals surface area contributed by atoms with E-state index in [4.69, 9.17) is 4.74 Å². The van der Waals surface area contributed by atoms with Crippen LogP contribution in [0.15, 0.2) is 12.4 Å². The molecular formula is C14H22N4O4S. The lowest BCUT2D eigenvalue weighted by Crippen LogP contribution is -2.33. The van der Waals surface area contributed by atoms with Crippen molar-refractivity contribution >= 4 is 21.6 Å². The summed E-state index contributed by atoms with van der Waals surface area (Å²) in [7, 11) is 0.426. The molecule has 0 aliphatic carbocycles. The normalized spacial score (nSPS) is 19.5. The van der Waals surface area contributed by atoms with Gasteiger partial charge in [-0.15, -0.1) is 0 Å². The van der Waals surface area contributed by atoms with Crippen LogP contribution in [0.1, 0.15) is 23.3 Å². The maximum atomic E-state index is 12.1. The summed E-state index contributed by atoms with van der Waals surface area (Å²) in [5.74, 6) is 0.577. The molecule has 1 aromatic rings. The fourth-order valence-corrected chi connectivity index (χ4v) is 4.22. The van der Waals surface area contributed by atoms with Crippen LogP contribution in [-0.2, 0) is 14.6 Å². The van der Waals surface area contributed by atoms with Crippen molar-refractivity contribution in [3.05, 3.63) is 18.1 Å². The number of sulfone groups is 1. The first kappa shape index (κ1) is 17.6. The highest BCUT2D eigenvalue weighted by Crippen LogP contribution is 2.21. The van der Waals surface area contributed by atoms with Crippen LogP contribution in [0.3, 0.4) is 0 Å². The quantitative estimate of drug-likeness (QED) is 0.689. The number of carbonyl (C=O) groups excluding carboxylic acids is 1. The third-order valence-electron chi connectivity index (χ3n) is 3.81. The van der Waals surface area contributed by atoms with Gasteiger partial charge in [-0.2, -0.15) is 0 Å². The van der Waals surface area contributed by atoms with E-state index in [1.165, 1.54) is 6.33 Å². The second-order valence-corrected chi connectivity index (χ2v) is 7.76. The average Bonchev–Trinajstić information content (AvgIpc) is 2.91. The van der Waals surface area contributed by atoms with E-state index in [0.29, 0.717) is 25.4 Å². The number of hydrogen-bond donors (Lipinski definition) is 1. The molecule has 0 radical (unpaired) electrons. The molecule has 1 aromatic heterocycles. The molecule has 1 aliphatic rings. The van der Waals surface area contributed by atoms with Gasteiger partial charge in [0, 0.05) is 39.4 Å².